The topological polar surface area (TPSA) is 124 Å². The second-order valence-corrected chi connectivity index (χ2v) is 12.5. The fourth-order valence-corrected chi connectivity index (χ4v) is 6.93. The normalized spacial score (nSPS) is 20.1. The molecule has 3 aliphatic rings. The molecule has 0 saturated carbocycles. The molecule has 0 fully saturated rings. The van der Waals surface area contributed by atoms with Gasteiger partial charge >= 0.3 is 16.3 Å². The number of ether oxygens (including phenoxy) is 1. The highest BCUT2D eigenvalue weighted by Crippen LogP contribution is 2.38. The number of nitrogens with zero attached hydrogens (tertiary/aromatic N) is 4. The van der Waals surface area contributed by atoms with Gasteiger partial charge in [-0.3, -0.25) is 4.79 Å². The average molecular weight is 597 g/mol. The van der Waals surface area contributed by atoms with Crippen LogP contribution in [0, 0.1) is 13.8 Å². The maximum atomic E-state index is 13.1. The molecule has 7 rings (SSSR count). The summed E-state index contributed by atoms with van der Waals surface area (Å²) in [6.07, 6.45) is 1.41. The molecule has 1 N–H and O–H groups in total. The van der Waals surface area contributed by atoms with Crippen LogP contribution in [0.15, 0.2) is 42.5 Å². The van der Waals surface area contributed by atoms with Crippen LogP contribution in [0.5, 0.6) is 11.5 Å². The molecule has 3 aliphatic heterocycles. The van der Waals surface area contributed by atoms with Crippen molar-refractivity contribution in [3.8, 4) is 11.5 Å². The van der Waals surface area contributed by atoms with E-state index in [4.69, 9.17) is 20.5 Å². The Labute approximate surface area is 242 Å². The molecular weight excluding hydrogens is 568 g/mol. The fraction of sp³-hybridized carbons (Fsp3) is 0.345. The summed E-state index contributed by atoms with van der Waals surface area (Å²) in [4.78, 5) is 12.1. The Kier molecular flexibility index (Phi) is 7.13. The number of benzene rings is 3. The van der Waals surface area contributed by atoms with E-state index >= 15 is 0 Å². The van der Waals surface area contributed by atoms with Crippen molar-refractivity contribution >= 4 is 38.9 Å². The summed E-state index contributed by atoms with van der Waals surface area (Å²) >= 11 is 6.69. The molecule has 0 radical (unpaired) electrons. The molecule has 0 saturated heterocycles. The Morgan fingerprint density at radius 1 is 1.07 bits per heavy atom. The van der Waals surface area contributed by atoms with E-state index in [-0.39, 0.29) is 25.3 Å². The molecule has 10 nitrogen and oxygen atoms in total. The zero-order chi connectivity index (χ0) is 28.9. The smallest absolute Gasteiger partial charge is 0.385 e. The van der Waals surface area contributed by atoms with Gasteiger partial charge in [0, 0.05) is 36.1 Å². The molecule has 4 heterocycles. The van der Waals surface area contributed by atoms with Gasteiger partial charge in [0.1, 0.15) is 17.0 Å². The van der Waals surface area contributed by atoms with Crippen molar-refractivity contribution in [1.29, 1.82) is 0 Å². The van der Waals surface area contributed by atoms with Gasteiger partial charge in [0.2, 0.25) is 0 Å². The summed E-state index contributed by atoms with van der Waals surface area (Å²) in [7, 11) is -4.08. The van der Waals surface area contributed by atoms with Crippen molar-refractivity contribution in [2.24, 2.45) is 0 Å². The molecule has 9 bridgehead atoms. The molecule has 4 aromatic rings. The lowest BCUT2D eigenvalue weighted by Gasteiger charge is -2.29. The highest BCUT2D eigenvalue weighted by molar-refractivity contribution is 7.84. The monoisotopic (exact) mass is 596 g/mol. The van der Waals surface area contributed by atoms with Crippen LogP contribution in [-0.4, -0.2) is 45.4 Å². The second-order valence-electron chi connectivity index (χ2n) is 10.5. The van der Waals surface area contributed by atoms with E-state index in [0.717, 1.165) is 29.5 Å². The summed E-state index contributed by atoms with van der Waals surface area (Å²) < 4.78 is 40.8. The Bertz CT molecular complexity index is 1790. The van der Waals surface area contributed by atoms with Crippen molar-refractivity contribution < 1.29 is 27.2 Å². The number of halogens is 1. The van der Waals surface area contributed by atoms with Gasteiger partial charge in [0.05, 0.1) is 18.5 Å². The number of aromatic nitrogens is 3. The first-order chi connectivity index (χ1) is 19.6. The van der Waals surface area contributed by atoms with Gasteiger partial charge in [0.25, 0.3) is 0 Å². The zero-order valence-electron chi connectivity index (χ0n) is 22.6. The number of aliphatic carboxylic acids is 1. The number of hydrogen-bond donors (Lipinski definition) is 1. The molecule has 2 unspecified atom stereocenters. The third-order valence-electron chi connectivity index (χ3n) is 7.88. The van der Waals surface area contributed by atoms with Crippen LogP contribution in [0.3, 0.4) is 0 Å². The Hall–Kier alpha value is -3.67. The first kappa shape index (κ1) is 27.5. The predicted octanol–water partition coefficient (Wildman–Crippen LogP) is 5.12. The second kappa shape index (κ2) is 10.6. The SMILES string of the molecule is Cc1c(Cl)cc2cc1CN1Cc3cc(ccc3OS1(=O)=O)OCCCCn1nnc3c(C)c(ccc31)C2CC(=O)O. The lowest BCUT2D eigenvalue weighted by Crippen LogP contribution is -2.37. The van der Waals surface area contributed by atoms with E-state index in [2.05, 4.69) is 10.3 Å². The van der Waals surface area contributed by atoms with Crippen molar-refractivity contribution in [3.63, 3.8) is 0 Å². The zero-order valence-corrected chi connectivity index (χ0v) is 24.2. The number of fused-ring (bicyclic) bond motifs is 5. The van der Waals surface area contributed by atoms with Gasteiger partial charge < -0.3 is 14.0 Å². The van der Waals surface area contributed by atoms with Gasteiger partial charge in [-0.1, -0.05) is 28.9 Å². The number of carboxylic acids is 1. The average Bonchev–Trinajstić information content (AvgIpc) is 3.33. The van der Waals surface area contributed by atoms with Gasteiger partial charge in [-0.15, -0.1) is 5.10 Å². The van der Waals surface area contributed by atoms with Crippen LogP contribution in [-0.2, 0) is 34.7 Å². The van der Waals surface area contributed by atoms with E-state index in [1.165, 1.54) is 4.31 Å². The third kappa shape index (κ3) is 5.25. The Morgan fingerprint density at radius 2 is 1.88 bits per heavy atom. The van der Waals surface area contributed by atoms with Crippen LogP contribution in [0.1, 0.15) is 58.6 Å². The number of hydrogen-bond acceptors (Lipinski definition) is 7. The van der Waals surface area contributed by atoms with Crippen molar-refractivity contribution in [1.82, 2.24) is 19.3 Å². The number of carboxylic acid groups (broad SMARTS) is 1. The van der Waals surface area contributed by atoms with Crippen molar-refractivity contribution in [2.75, 3.05) is 6.61 Å². The van der Waals surface area contributed by atoms with Crippen LogP contribution >= 0.6 is 11.6 Å². The van der Waals surface area contributed by atoms with Gasteiger partial charge in [0.15, 0.2) is 0 Å². The lowest BCUT2D eigenvalue weighted by molar-refractivity contribution is -0.137. The minimum absolute atomic E-state index is 0.00160. The van der Waals surface area contributed by atoms with E-state index in [1.807, 2.05) is 36.7 Å². The van der Waals surface area contributed by atoms with E-state index in [0.29, 0.717) is 51.7 Å². The molecule has 3 aromatic carbocycles. The quantitative estimate of drug-likeness (QED) is 0.338. The Balaban J connectivity index is 1.50. The molecular formula is C29H29ClN4O6S. The largest absolute Gasteiger partial charge is 0.494 e. The first-order valence-electron chi connectivity index (χ1n) is 13.4. The predicted molar refractivity (Wildman–Crippen MR) is 153 cm³/mol. The van der Waals surface area contributed by atoms with Crippen molar-refractivity contribution in [3.05, 3.63) is 80.9 Å². The minimum Gasteiger partial charge on any atom is -0.494 e. The molecule has 12 heteroatoms. The highest BCUT2D eigenvalue weighted by Gasteiger charge is 2.33. The summed E-state index contributed by atoms with van der Waals surface area (Å²) in [6.45, 7) is 4.97. The summed E-state index contributed by atoms with van der Waals surface area (Å²) in [5, 5.41) is 19.1. The van der Waals surface area contributed by atoms with Gasteiger partial charge in [-0.2, -0.15) is 12.7 Å². The highest BCUT2D eigenvalue weighted by atomic mass is 35.5. The molecule has 0 spiro atoms. The van der Waals surface area contributed by atoms with Crippen LogP contribution in [0.4, 0.5) is 0 Å². The minimum atomic E-state index is -4.08. The summed E-state index contributed by atoms with van der Waals surface area (Å²) in [5.41, 5.74) is 5.96. The maximum Gasteiger partial charge on any atom is 0.385 e. The van der Waals surface area contributed by atoms with Crippen LogP contribution in [0.2, 0.25) is 5.02 Å². The first-order valence-corrected chi connectivity index (χ1v) is 15.1. The number of carbonyl (C=O) groups is 1. The molecule has 0 aliphatic carbocycles. The molecule has 1 aromatic heterocycles. The molecule has 2 atom stereocenters. The molecule has 0 amide bonds. The summed E-state index contributed by atoms with van der Waals surface area (Å²) in [6, 6.07) is 12.6. The van der Waals surface area contributed by atoms with Crippen LogP contribution in [0.25, 0.3) is 11.0 Å². The maximum absolute atomic E-state index is 13.1. The summed E-state index contributed by atoms with van der Waals surface area (Å²) in [5.74, 6) is -0.603. The lowest BCUT2D eigenvalue weighted by atomic mass is 9.84. The molecule has 214 valence electrons. The van der Waals surface area contributed by atoms with Gasteiger partial charge in [-0.25, -0.2) is 4.68 Å². The third-order valence-corrected chi connectivity index (χ3v) is 9.56. The number of rotatable bonds is 2. The molecule has 41 heavy (non-hydrogen) atoms. The van der Waals surface area contributed by atoms with E-state index < -0.39 is 22.2 Å². The Morgan fingerprint density at radius 3 is 2.68 bits per heavy atom. The standard InChI is InChI=1S/C29H29ClN4O6S/c1-17-20-11-19(13-25(17)30)24(14-28(35)36)23-6-7-26-29(18(23)2)31-32-34(26)9-3-4-10-39-22-5-8-27-21(12-22)16-33(15-20)41(37,38)40-27/h5-8,11-13,24H,3-4,9-10,14-16H2,1-2H3,(H,35,36). The van der Waals surface area contributed by atoms with Gasteiger partial charge in [-0.05, 0) is 84.8 Å². The van der Waals surface area contributed by atoms with E-state index in [1.54, 1.807) is 24.3 Å². The van der Waals surface area contributed by atoms with Crippen LogP contribution < -0.4 is 8.92 Å². The van der Waals surface area contributed by atoms with E-state index in [9.17, 15) is 18.3 Å². The van der Waals surface area contributed by atoms with Crippen molar-refractivity contribution in [2.45, 2.75) is 58.7 Å². The fourth-order valence-electron chi connectivity index (χ4n) is 5.60. The number of aryl methyl sites for hydroxylation is 2.